The van der Waals surface area contributed by atoms with Crippen molar-refractivity contribution in [2.45, 2.75) is 11.3 Å². The first-order chi connectivity index (χ1) is 15.7. The summed E-state index contributed by atoms with van der Waals surface area (Å²) in [6.07, 6.45) is -4.49. The van der Waals surface area contributed by atoms with Crippen LogP contribution < -0.4 is 19.5 Å². The lowest BCUT2D eigenvalue weighted by molar-refractivity contribution is -0.137. The number of benzene rings is 2. The van der Waals surface area contributed by atoms with Crippen molar-refractivity contribution in [3.63, 3.8) is 0 Å². The molecule has 0 unspecified atom stereocenters. The maximum absolute atomic E-state index is 12.8. The SMILES string of the molecule is COc1cc(-c2nnc(SCC(=O)Nc3cccc(C(F)(F)F)c3)n2C)cc(OC)c1OC. The quantitative estimate of drug-likeness (QED) is 0.480. The van der Waals surface area contributed by atoms with E-state index in [1.165, 1.54) is 33.5 Å². The van der Waals surface area contributed by atoms with Crippen LogP contribution in [0.15, 0.2) is 41.6 Å². The maximum atomic E-state index is 12.8. The molecule has 0 aliphatic rings. The second-order valence-electron chi connectivity index (χ2n) is 6.69. The Labute approximate surface area is 192 Å². The van der Waals surface area contributed by atoms with Crippen molar-refractivity contribution in [3.8, 4) is 28.6 Å². The third kappa shape index (κ3) is 5.51. The molecule has 0 spiro atoms. The highest BCUT2D eigenvalue weighted by Gasteiger charge is 2.30. The largest absolute Gasteiger partial charge is 0.493 e. The summed E-state index contributed by atoms with van der Waals surface area (Å²) in [5, 5.41) is 11.2. The third-order valence-corrected chi connectivity index (χ3v) is 5.58. The number of ether oxygens (including phenoxy) is 3. The fourth-order valence-electron chi connectivity index (χ4n) is 3.00. The molecule has 0 saturated heterocycles. The first-order valence-corrected chi connectivity index (χ1v) is 10.5. The topological polar surface area (TPSA) is 87.5 Å². The highest BCUT2D eigenvalue weighted by atomic mass is 32.2. The van der Waals surface area contributed by atoms with Gasteiger partial charge in [0.25, 0.3) is 0 Å². The fraction of sp³-hybridized carbons (Fsp3) is 0.286. The number of carbonyl (C=O) groups excluding carboxylic acids is 1. The molecule has 176 valence electrons. The first-order valence-electron chi connectivity index (χ1n) is 9.47. The molecule has 3 rings (SSSR count). The number of hydrogen-bond donors (Lipinski definition) is 1. The van der Waals surface area contributed by atoms with Crippen LogP contribution in [0.2, 0.25) is 0 Å². The smallest absolute Gasteiger partial charge is 0.416 e. The van der Waals surface area contributed by atoms with E-state index in [-0.39, 0.29) is 11.4 Å². The minimum absolute atomic E-state index is 0.0616. The average Bonchev–Trinajstić information content (AvgIpc) is 3.16. The molecule has 0 saturated carbocycles. The predicted molar refractivity (Wildman–Crippen MR) is 117 cm³/mol. The second-order valence-corrected chi connectivity index (χ2v) is 7.64. The Balaban J connectivity index is 1.73. The van der Waals surface area contributed by atoms with Crippen molar-refractivity contribution < 1.29 is 32.2 Å². The number of aromatic nitrogens is 3. The fourth-order valence-corrected chi connectivity index (χ4v) is 3.71. The number of nitrogens with zero attached hydrogens (tertiary/aromatic N) is 3. The van der Waals surface area contributed by atoms with Gasteiger partial charge < -0.3 is 24.1 Å². The van der Waals surface area contributed by atoms with E-state index in [2.05, 4.69) is 15.5 Å². The minimum Gasteiger partial charge on any atom is -0.493 e. The molecule has 1 N–H and O–H groups in total. The molecule has 33 heavy (non-hydrogen) atoms. The highest BCUT2D eigenvalue weighted by molar-refractivity contribution is 7.99. The van der Waals surface area contributed by atoms with Crippen LogP contribution in [0.1, 0.15) is 5.56 Å². The summed E-state index contributed by atoms with van der Waals surface area (Å²) < 4.78 is 56.3. The third-order valence-electron chi connectivity index (χ3n) is 4.56. The molecule has 0 atom stereocenters. The van der Waals surface area contributed by atoms with Crippen LogP contribution in [0.25, 0.3) is 11.4 Å². The predicted octanol–water partition coefficient (Wildman–Crippen LogP) is 4.26. The zero-order chi connectivity index (χ0) is 24.2. The van der Waals surface area contributed by atoms with Crippen LogP contribution in [-0.4, -0.2) is 47.8 Å². The lowest BCUT2D eigenvalue weighted by Gasteiger charge is -2.14. The van der Waals surface area contributed by atoms with Crippen LogP contribution in [0, 0.1) is 0 Å². The molecule has 2 aromatic carbocycles. The van der Waals surface area contributed by atoms with Gasteiger partial charge in [0.1, 0.15) is 0 Å². The molecule has 0 bridgehead atoms. The Morgan fingerprint density at radius 3 is 2.30 bits per heavy atom. The van der Waals surface area contributed by atoms with Gasteiger partial charge in [-0.05, 0) is 30.3 Å². The van der Waals surface area contributed by atoms with Gasteiger partial charge in [0, 0.05) is 18.3 Å². The van der Waals surface area contributed by atoms with Gasteiger partial charge in [0.05, 0.1) is 32.6 Å². The lowest BCUT2D eigenvalue weighted by Crippen LogP contribution is -2.15. The minimum atomic E-state index is -4.49. The van der Waals surface area contributed by atoms with E-state index < -0.39 is 17.6 Å². The summed E-state index contributed by atoms with van der Waals surface area (Å²) in [6.45, 7) is 0. The van der Waals surface area contributed by atoms with Crippen molar-refractivity contribution in [2.75, 3.05) is 32.4 Å². The lowest BCUT2D eigenvalue weighted by atomic mass is 10.1. The normalized spacial score (nSPS) is 11.2. The summed E-state index contributed by atoms with van der Waals surface area (Å²) in [5.74, 6) is 1.28. The van der Waals surface area contributed by atoms with Gasteiger partial charge in [-0.2, -0.15) is 13.2 Å². The number of carbonyl (C=O) groups is 1. The molecule has 1 amide bonds. The van der Waals surface area contributed by atoms with E-state index >= 15 is 0 Å². The van der Waals surface area contributed by atoms with E-state index in [4.69, 9.17) is 14.2 Å². The summed E-state index contributed by atoms with van der Waals surface area (Å²) in [5.41, 5.74) is -0.123. The summed E-state index contributed by atoms with van der Waals surface area (Å²) in [6, 6.07) is 7.89. The standard InChI is InChI=1S/C21H21F3N4O4S/c1-28-19(12-8-15(30-2)18(32-4)16(9-12)31-3)26-27-20(28)33-11-17(29)25-14-7-5-6-13(10-14)21(22,23)24/h5-10H,11H2,1-4H3,(H,25,29). The van der Waals surface area contributed by atoms with Crippen molar-refractivity contribution in [2.24, 2.45) is 7.05 Å². The van der Waals surface area contributed by atoms with Gasteiger partial charge in [-0.25, -0.2) is 0 Å². The molecule has 8 nitrogen and oxygen atoms in total. The summed E-state index contributed by atoms with van der Waals surface area (Å²) in [4.78, 5) is 12.3. The first kappa shape index (κ1) is 24.2. The second kappa shape index (κ2) is 10.0. The van der Waals surface area contributed by atoms with Gasteiger partial charge >= 0.3 is 6.18 Å². The van der Waals surface area contributed by atoms with Crippen molar-refractivity contribution in [1.29, 1.82) is 0 Å². The van der Waals surface area contributed by atoms with Gasteiger partial charge in [0.2, 0.25) is 11.7 Å². The molecule has 1 aromatic heterocycles. The summed E-state index contributed by atoms with van der Waals surface area (Å²) >= 11 is 1.10. The molecular weight excluding hydrogens is 461 g/mol. The Hall–Kier alpha value is -3.41. The number of hydrogen-bond acceptors (Lipinski definition) is 7. The van der Waals surface area contributed by atoms with E-state index in [9.17, 15) is 18.0 Å². The summed E-state index contributed by atoms with van der Waals surface area (Å²) in [7, 11) is 6.23. The number of halogens is 3. The molecule has 0 aliphatic heterocycles. The van der Waals surface area contributed by atoms with Crippen molar-refractivity contribution in [3.05, 3.63) is 42.0 Å². The van der Waals surface area contributed by atoms with E-state index in [0.717, 1.165) is 23.9 Å². The number of thioether (sulfide) groups is 1. The van der Waals surface area contributed by atoms with Crippen molar-refractivity contribution in [1.82, 2.24) is 14.8 Å². The van der Waals surface area contributed by atoms with Gasteiger partial charge in [-0.3, -0.25) is 4.79 Å². The number of amides is 1. The van der Waals surface area contributed by atoms with Gasteiger partial charge in [-0.1, -0.05) is 17.8 Å². The van der Waals surface area contributed by atoms with Crippen LogP contribution >= 0.6 is 11.8 Å². The Morgan fingerprint density at radius 1 is 1.06 bits per heavy atom. The van der Waals surface area contributed by atoms with Crippen LogP contribution in [0.5, 0.6) is 17.2 Å². The van der Waals surface area contributed by atoms with Crippen LogP contribution in [0.4, 0.5) is 18.9 Å². The molecule has 12 heteroatoms. The number of rotatable bonds is 8. The highest BCUT2D eigenvalue weighted by Crippen LogP contribution is 2.41. The van der Waals surface area contributed by atoms with Gasteiger partial charge in [-0.15, -0.1) is 10.2 Å². The number of alkyl halides is 3. The average molecular weight is 482 g/mol. The van der Waals surface area contributed by atoms with Crippen molar-refractivity contribution >= 4 is 23.4 Å². The van der Waals surface area contributed by atoms with Gasteiger partial charge in [0.15, 0.2) is 22.5 Å². The molecule has 0 fully saturated rings. The van der Waals surface area contributed by atoms with Crippen LogP contribution in [0.3, 0.4) is 0 Å². The van der Waals surface area contributed by atoms with E-state index in [1.54, 1.807) is 23.7 Å². The molecular formula is C21H21F3N4O4S. The number of nitrogens with one attached hydrogen (secondary N) is 1. The van der Waals surface area contributed by atoms with Crippen LogP contribution in [-0.2, 0) is 18.0 Å². The zero-order valence-electron chi connectivity index (χ0n) is 18.2. The Morgan fingerprint density at radius 2 is 1.73 bits per heavy atom. The molecule has 3 aromatic rings. The Bertz CT molecular complexity index is 1130. The molecule has 1 heterocycles. The Kier molecular flexibility index (Phi) is 7.36. The molecule has 0 radical (unpaired) electrons. The molecule has 0 aliphatic carbocycles. The monoisotopic (exact) mass is 482 g/mol. The van der Waals surface area contributed by atoms with E-state index in [0.29, 0.717) is 33.8 Å². The zero-order valence-corrected chi connectivity index (χ0v) is 19.0. The number of methoxy groups -OCH3 is 3. The number of anilines is 1. The van der Waals surface area contributed by atoms with E-state index in [1.807, 2.05) is 0 Å². The maximum Gasteiger partial charge on any atom is 0.416 e.